The molecule has 0 saturated carbocycles. The minimum Gasteiger partial charge on any atom is -0.311 e. The fourth-order valence-corrected chi connectivity index (χ4v) is 3.30. The van der Waals surface area contributed by atoms with Crippen LogP contribution in [0.1, 0.15) is 35.5 Å². The van der Waals surface area contributed by atoms with Crippen molar-refractivity contribution in [2.45, 2.75) is 39.5 Å². The number of aryl methyl sites for hydroxylation is 2. The highest BCUT2D eigenvalue weighted by molar-refractivity contribution is 5.94. The van der Waals surface area contributed by atoms with Gasteiger partial charge in [-0.05, 0) is 45.2 Å². The van der Waals surface area contributed by atoms with Gasteiger partial charge in [-0.2, -0.15) is 0 Å². The third-order valence-electron chi connectivity index (χ3n) is 4.49. The molecule has 132 valence electrons. The van der Waals surface area contributed by atoms with Gasteiger partial charge in [-0.1, -0.05) is 0 Å². The summed E-state index contributed by atoms with van der Waals surface area (Å²) in [7, 11) is 0. The van der Waals surface area contributed by atoms with Gasteiger partial charge in [-0.25, -0.2) is 13.8 Å². The molecule has 1 N–H and O–H groups in total. The van der Waals surface area contributed by atoms with Crippen molar-refractivity contribution in [3.8, 4) is 0 Å². The molecule has 0 saturated heterocycles. The number of hydrogen-bond donors (Lipinski definition) is 1. The van der Waals surface area contributed by atoms with Crippen molar-refractivity contribution in [2.75, 3.05) is 11.4 Å². The molecule has 0 spiro atoms. The molecule has 3 rings (SSSR count). The smallest absolute Gasteiger partial charge is 0.254 e. The Morgan fingerprint density at radius 2 is 2.00 bits per heavy atom. The molecule has 0 atom stereocenters. The van der Waals surface area contributed by atoms with Crippen LogP contribution in [0.25, 0.3) is 0 Å². The lowest BCUT2D eigenvalue weighted by Crippen LogP contribution is -2.37. The molecule has 7 heteroatoms. The molecule has 0 bridgehead atoms. The average Bonchev–Trinajstić information content (AvgIpc) is 2.56. The highest BCUT2D eigenvalue weighted by Gasteiger charge is 2.28. The number of anilines is 1. The fourth-order valence-electron chi connectivity index (χ4n) is 3.30. The van der Waals surface area contributed by atoms with Gasteiger partial charge in [0.05, 0.1) is 5.69 Å². The highest BCUT2D eigenvalue weighted by atomic mass is 19.1. The first-order valence-electron chi connectivity index (χ1n) is 8.22. The molecule has 0 fully saturated rings. The van der Waals surface area contributed by atoms with E-state index in [0.29, 0.717) is 36.5 Å². The number of hydrogen-bond acceptors (Lipinski definition) is 3. The summed E-state index contributed by atoms with van der Waals surface area (Å²) in [5, 5.41) is 0. The van der Waals surface area contributed by atoms with E-state index in [0.717, 1.165) is 12.1 Å². The second kappa shape index (κ2) is 6.74. The van der Waals surface area contributed by atoms with Gasteiger partial charge in [0.25, 0.3) is 5.56 Å². The van der Waals surface area contributed by atoms with E-state index < -0.39 is 11.6 Å². The molecule has 0 unspecified atom stereocenters. The zero-order valence-corrected chi connectivity index (χ0v) is 14.2. The first-order chi connectivity index (χ1) is 11.9. The van der Waals surface area contributed by atoms with Crippen molar-refractivity contribution in [3.05, 3.63) is 56.8 Å². The minimum absolute atomic E-state index is 0.0314. The second-order valence-corrected chi connectivity index (χ2v) is 6.22. The Kier molecular flexibility index (Phi) is 4.65. The number of carbonyl (C=O) groups excluding carboxylic acids is 1. The third kappa shape index (κ3) is 3.31. The molecule has 1 aromatic heterocycles. The maximum absolute atomic E-state index is 14.2. The van der Waals surface area contributed by atoms with E-state index in [1.807, 2.05) is 0 Å². The summed E-state index contributed by atoms with van der Waals surface area (Å²) in [6.45, 7) is 3.74. The number of rotatable bonds is 3. The Morgan fingerprint density at radius 1 is 1.28 bits per heavy atom. The molecular weight excluding hydrogens is 328 g/mol. The maximum Gasteiger partial charge on any atom is 0.254 e. The van der Waals surface area contributed by atoms with Crippen LogP contribution in [0.5, 0.6) is 0 Å². The molecule has 5 nitrogen and oxygen atoms in total. The van der Waals surface area contributed by atoms with Gasteiger partial charge in [-0.3, -0.25) is 9.59 Å². The topological polar surface area (TPSA) is 66.1 Å². The lowest BCUT2D eigenvalue weighted by molar-refractivity contribution is -0.118. The van der Waals surface area contributed by atoms with Crippen LogP contribution in [-0.4, -0.2) is 22.4 Å². The summed E-state index contributed by atoms with van der Waals surface area (Å²) in [6.07, 6.45) is 1.22. The minimum atomic E-state index is -0.601. The van der Waals surface area contributed by atoms with E-state index in [4.69, 9.17) is 0 Å². The maximum atomic E-state index is 14.2. The van der Waals surface area contributed by atoms with Crippen LogP contribution in [0.3, 0.4) is 0 Å². The van der Waals surface area contributed by atoms with E-state index in [1.54, 1.807) is 13.8 Å². The summed E-state index contributed by atoms with van der Waals surface area (Å²) >= 11 is 0. The van der Waals surface area contributed by atoms with Gasteiger partial charge in [-0.15, -0.1) is 0 Å². The Balaban J connectivity index is 1.83. The molecule has 1 amide bonds. The number of nitrogens with one attached hydrogen (secondary N) is 1. The predicted molar refractivity (Wildman–Crippen MR) is 89.7 cm³/mol. The number of halogens is 2. The van der Waals surface area contributed by atoms with Crippen molar-refractivity contribution >= 4 is 11.6 Å². The Labute approximate surface area is 143 Å². The lowest BCUT2D eigenvalue weighted by Gasteiger charge is -2.30. The average molecular weight is 347 g/mol. The number of amides is 1. The van der Waals surface area contributed by atoms with Gasteiger partial charge in [0.1, 0.15) is 17.5 Å². The molecule has 0 radical (unpaired) electrons. The summed E-state index contributed by atoms with van der Waals surface area (Å²) in [5.74, 6) is -0.913. The zero-order chi connectivity index (χ0) is 18.1. The normalized spacial score (nSPS) is 13.7. The number of aromatic amines is 1. The van der Waals surface area contributed by atoms with Crippen molar-refractivity contribution in [3.63, 3.8) is 0 Å². The van der Waals surface area contributed by atoms with Crippen molar-refractivity contribution < 1.29 is 13.6 Å². The van der Waals surface area contributed by atoms with Crippen LogP contribution in [-0.2, 0) is 17.6 Å². The number of benzene rings is 1. The Bertz CT molecular complexity index is 893. The Morgan fingerprint density at radius 3 is 2.72 bits per heavy atom. The quantitative estimate of drug-likeness (QED) is 0.928. The van der Waals surface area contributed by atoms with Gasteiger partial charge in [0.15, 0.2) is 0 Å². The first-order valence-corrected chi connectivity index (χ1v) is 8.22. The lowest BCUT2D eigenvalue weighted by atomic mass is 9.99. The molecule has 2 heterocycles. The van der Waals surface area contributed by atoms with E-state index in [-0.39, 0.29) is 35.6 Å². The van der Waals surface area contributed by atoms with Crippen LogP contribution in [0.15, 0.2) is 16.9 Å². The third-order valence-corrected chi connectivity index (χ3v) is 4.49. The van der Waals surface area contributed by atoms with Gasteiger partial charge >= 0.3 is 0 Å². The van der Waals surface area contributed by atoms with E-state index in [1.165, 1.54) is 4.90 Å². The summed E-state index contributed by atoms with van der Waals surface area (Å²) in [6, 6.07) is 2.13. The largest absolute Gasteiger partial charge is 0.311 e. The number of fused-ring (bicyclic) bond motifs is 1. The standard InChI is InChI=1S/C18H19F2N3O2/c1-10-12(18(25)22-11(2)21-10)5-8-16(24)23-9-3-4-13-14(19)6-7-15(20)17(13)23/h6-7H,3-5,8-9H2,1-2H3,(H,21,22,25). The van der Waals surface area contributed by atoms with Gasteiger partial charge < -0.3 is 9.88 Å². The predicted octanol–water partition coefficient (Wildman–Crippen LogP) is 2.58. The highest BCUT2D eigenvalue weighted by Crippen LogP contribution is 2.32. The molecule has 1 aliphatic heterocycles. The first kappa shape index (κ1) is 17.3. The molecule has 25 heavy (non-hydrogen) atoms. The molecule has 1 aliphatic rings. The number of aromatic nitrogens is 2. The van der Waals surface area contributed by atoms with Gasteiger partial charge in [0, 0.05) is 29.8 Å². The number of nitrogens with zero attached hydrogens (tertiary/aromatic N) is 2. The van der Waals surface area contributed by atoms with Crippen LogP contribution >= 0.6 is 0 Å². The number of carbonyl (C=O) groups is 1. The zero-order valence-electron chi connectivity index (χ0n) is 14.2. The van der Waals surface area contributed by atoms with Crippen molar-refractivity contribution in [2.24, 2.45) is 0 Å². The van der Waals surface area contributed by atoms with Crippen LogP contribution in [0.4, 0.5) is 14.5 Å². The van der Waals surface area contributed by atoms with E-state index in [2.05, 4.69) is 9.97 Å². The molecule has 2 aromatic rings. The Hall–Kier alpha value is -2.57. The monoisotopic (exact) mass is 347 g/mol. The van der Waals surface area contributed by atoms with Crippen molar-refractivity contribution in [1.82, 2.24) is 9.97 Å². The molecular formula is C18H19F2N3O2. The van der Waals surface area contributed by atoms with E-state index in [9.17, 15) is 18.4 Å². The molecule has 1 aromatic carbocycles. The molecule has 0 aliphatic carbocycles. The SMILES string of the molecule is Cc1nc(C)c(CCC(=O)N2CCCc3c(F)ccc(F)c32)c(=O)[nH]1. The second-order valence-electron chi connectivity index (χ2n) is 6.22. The van der Waals surface area contributed by atoms with Gasteiger partial charge in [0.2, 0.25) is 5.91 Å². The summed E-state index contributed by atoms with van der Waals surface area (Å²) in [5.41, 5.74) is 1.02. The van der Waals surface area contributed by atoms with Crippen molar-refractivity contribution in [1.29, 1.82) is 0 Å². The van der Waals surface area contributed by atoms with Crippen LogP contribution in [0.2, 0.25) is 0 Å². The summed E-state index contributed by atoms with van der Waals surface area (Å²) < 4.78 is 28.1. The van der Waals surface area contributed by atoms with Crippen LogP contribution in [0, 0.1) is 25.5 Å². The van der Waals surface area contributed by atoms with E-state index >= 15 is 0 Å². The van der Waals surface area contributed by atoms with Crippen LogP contribution < -0.4 is 10.5 Å². The fraction of sp³-hybridized carbons (Fsp3) is 0.389. The number of H-pyrrole nitrogens is 1. The summed E-state index contributed by atoms with van der Waals surface area (Å²) in [4.78, 5) is 32.7.